The Labute approximate surface area is 128 Å². The van der Waals surface area contributed by atoms with Crippen LogP contribution in [0.1, 0.15) is 41.5 Å². The van der Waals surface area contributed by atoms with Crippen molar-refractivity contribution in [3.8, 4) is 0 Å². The highest BCUT2D eigenvalue weighted by atomic mass is 79.9. The van der Waals surface area contributed by atoms with Crippen molar-refractivity contribution in [2.24, 2.45) is 0 Å². The molecule has 1 saturated heterocycles. The van der Waals surface area contributed by atoms with Crippen molar-refractivity contribution in [2.75, 3.05) is 13.1 Å². The van der Waals surface area contributed by atoms with E-state index in [1.165, 1.54) is 37.1 Å². The number of nitrogens with zero attached hydrogens (tertiary/aromatic N) is 1. The second-order valence-electron chi connectivity index (χ2n) is 5.89. The van der Waals surface area contributed by atoms with E-state index in [-0.39, 0.29) is 0 Å². The Morgan fingerprint density at radius 3 is 2.50 bits per heavy atom. The van der Waals surface area contributed by atoms with Crippen molar-refractivity contribution in [3.63, 3.8) is 0 Å². The van der Waals surface area contributed by atoms with Gasteiger partial charge in [-0.15, -0.1) is 0 Å². The maximum atomic E-state index is 3.54. The molecule has 0 radical (unpaired) electrons. The summed E-state index contributed by atoms with van der Waals surface area (Å²) in [6, 6.07) is 18.6. The summed E-state index contributed by atoms with van der Waals surface area (Å²) in [5.41, 5.74) is 4.54. The molecule has 4 rings (SSSR count). The summed E-state index contributed by atoms with van der Waals surface area (Å²) in [6.07, 6.45) is 2.66. The molecule has 2 aliphatic heterocycles. The predicted molar refractivity (Wildman–Crippen MR) is 86.0 cm³/mol. The van der Waals surface area contributed by atoms with E-state index >= 15 is 0 Å². The van der Waals surface area contributed by atoms with E-state index in [4.69, 9.17) is 0 Å². The smallest absolute Gasteiger partial charge is 0.0351 e. The van der Waals surface area contributed by atoms with Gasteiger partial charge in [0.1, 0.15) is 0 Å². The molecule has 0 N–H and O–H groups in total. The minimum atomic E-state index is 0.522. The fourth-order valence-electron chi connectivity index (χ4n) is 3.84. The summed E-state index contributed by atoms with van der Waals surface area (Å²) in [4.78, 5) is 2.68. The fourth-order valence-corrected chi connectivity index (χ4v) is 4.11. The van der Waals surface area contributed by atoms with Crippen LogP contribution in [0.3, 0.4) is 0 Å². The van der Waals surface area contributed by atoms with E-state index in [0.717, 1.165) is 4.47 Å². The summed E-state index contributed by atoms with van der Waals surface area (Å²) in [7, 11) is 0. The van der Waals surface area contributed by atoms with Crippen LogP contribution in [0.25, 0.3) is 0 Å². The molecule has 0 aromatic heterocycles. The Morgan fingerprint density at radius 2 is 1.70 bits per heavy atom. The number of rotatable bonds is 1. The average Bonchev–Trinajstić information content (AvgIpc) is 2.96. The molecule has 2 atom stereocenters. The second kappa shape index (κ2) is 5.01. The molecule has 1 fully saturated rings. The van der Waals surface area contributed by atoms with Crippen LogP contribution in [-0.4, -0.2) is 18.0 Å². The Bertz CT molecular complexity index is 620. The zero-order valence-electron chi connectivity index (χ0n) is 11.4. The molecular formula is C18H18BrN. The van der Waals surface area contributed by atoms with Gasteiger partial charge in [-0.3, -0.25) is 4.90 Å². The molecule has 0 bridgehead atoms. The van der Waals surface area contributed by atoms with Crippen molar-refractivity contribution in [1.82, 2.24) is 4.90 Å². The molecule has 20 heavy (non-hydrogen) atoms. The number of fused-ring (bicyclic) bond motifs is 3. The fraction of sp³-hybridized carbons (Fsp3) is 0.333. The van der Waals surface area contributed by atoms with Crippen LogP contribution in [0.4, 0.5) is 0 Å². The van der Waals surface area contributed by atoms with E-state index in [1.807, 2.05) is 0 Å². The molecule has 2 heterocycles. The van der Waals surface area contributed by atoms with E-state index in [2.05, 4.69) is 69.4 Å². The molecule has 102 valence electrons. The minimum absolute atomic E-state index is 0.522. The van der Waals surface area contributed by atoms with Gasteiger partial charge in [0.25, 0.3) is 0 Å². The van der Waals surface area contributed by atoms with E-state index in [1.54, 1.807) is 5.56 Å². The van der Waals surface area contributed by atoms with Gasteiger partial charge >= 0.3 is 0 Å². The van der Waals surface area contributed by atoms with Crippen molar-refractivity contribution >= 4 is 15.9 Å². The van der Waals surface area contributed by atoms with Gasteiger partial charge in [-0.1, -0.05) is 52.3 Å². The maximum Gasteiger partial charge on any atom is 0.0351 e. The summed E-state index contributed by atoms with van der Waals surface area (Å²) >= 11 is 3.54. The van der Waals surface area contributed by atoms with Crippen LogP contribution >= 0.6 is 15.9 Å². The third kappa shape index (κ3) is 2.02. The van der Waals surface area contributed by atoms with Crippen LogP contribution < -0.4 is 0 Å². The lowest BCUT2D eigenvalue weighted by Gasteiger charge is -2.37. The van der Waals surface area contributed by atoms with Crippen LogP contribution in [0.5, 0.6) is 0 Å². The molecule has 0 aliphatic carbocycles. The van der Waals surface area contributed by atoms with Crippen LogP contribution in [0.15, 0.2) is 53.0 Å². The monoisotopic (exact) mass is 327 g/mol. The Kier molecular flexibility index (Phi) is 3.16. The SMILES string of the molecule is Brc1ccc([C@H]2CN3CCC[C@@H]3c3ccccc32)cc1. The topological polar surface area (TPSA) is 3.24 Å². The largest absolute Gasteiger partial charge is 0.295 e. The number of halogens is 1. The van der Waals surface area contributed by atoms with Crippen molar-refractivity contribution in [3.05, 3.63) is 69.7 Å². The van der Waals surface area contributed by atoms with Gasteiger partial charge in [0, 0.05) is 23.0 Å². The second-order valence-corrected chi connectivity index (χ2v) is 6.80. The quantitative estimate of drug-likeness (QED) is 0.731. The Hall–Kier alpha value is -1.12. The predicted octanol–water partition coefficient (Wildman–Crippen LogP) is 4.73. The van der Waals surface area contributed by atoms with Gasteiger partial charge in [-0.05, 0) is 48.2 Å². The number of benzene rings is 2. The normalized spacial score (nSPS) is 25.2. The highest BCUT2D eigenvalue weighted by Gasteiger charge is 2.35. The summed E-state index contributed by atoms with van der Waals surface area (Å²) in [6.45, 7) is 2.43. The third-order valence-corrected chi connectivity index (χ3v) is 5.31. The van der Waals surface area contributed by atoms with Gasteiger partial charge in [-0.2, -0.15) is 0 Å². The molecule has 0 amide bonds. The van der Waals surface area contributed by atoms with Gasteiger partial charge in [0.05, 0.1) is 0 Å². The zero-order chi connectivity index (χ0) is 13.5. The van der Waals surface area contributed by atoms with Crippen molar-refractivity contribution < 1.29 is 0 Å². The zero-order valence-corrected chi connectivity index (χ0v) is 13.0. The van der Waals surface area contributed by atoms with Gasteiger partial charge in [0.15, 0.2) is 0 Å². The minimum Gasteiger partial charge on any atom is -0.295 e. The van der Waals surface area contributed by atoms with Gasteiger partial charge in [-0.25, -0.2) is 0 Å². The molecule has 2 aromatic rings. The van der Waals surface area contributed by atoms with Crippen LogP contribution in [0, 0.1) is 0 Å². The summed E-state index contributed by atoms with van der Waals surface area (Å²) < 4.78 is 1.16. The first-order chi connectivity index (χ1) is 9.83. The first-order valence-corrected chi connectivity index (χ1v) is 8.20. The molecule has 0 unspecified atom stereocenters. The Morgan fingerprint density at radius 1 is 0.950 bits per heavy atom. The van der Waals surface area contributed by atoms with Gasteiger partial charge < -0.3 is 0 Å². The molecule has 2 aliphatic rings. The molecule has 1 nitrogen and oxygen atoms in total. The molecule has 2 heteroatoms. The lowest BCUT2D eigenvalue weighted by atomic mass is 9.82. The lowest BCUT2D eigenvalue weighted by Crippen LogP contribution is -2.34. The molecule has 0 spiro atoms. The number of hydrogen-bond acceptors (Lipinski definition) is 1. The van der Waals surface area contributed by atoms with E-state index in [9.17, 15) is 0 Å². The van der Waals surface area contributed by atoms with E-state index < -0.39 is 0 Å². The highest BCUT2D eigenvalue weighted by Crippen LogP contribution is 2.44. The average molecular weight is 328 g/mol. The van der Waals surface area contributed by atoms with E-state index in [0.29, 0.717) is 12.0 Å². The first kappa shape index (κ1) is 12.6. The molecule has 0 saturated carbocycles. The third-order valence-electron chi connectivity index (χ3n) is 4.78. The summed E-state index contributed by atoms with van der Waals surface area (Å²) in [5, 5.41) is 0. The lowest BCUT2D eigenvalue weighted by molar-refractivity contribution is 0.230. The standard InChI is InChI=1S/C18H18BrN/c19-14-9-7-13(8-10-14)17-12-20-11-3-6-18(20)16-5-2-1-4-15(16)17/h1-2,4-5,7-10,17-18H,3,6,11-12H2/t17-,18-/m1/s1. The van der Waals surface area contributed by atoms with Crippen molar-refractivity contribution in [1.29, 1.82) is 0 Å². The maximum absolute atomic E-state index is 3.54. The van der Waals surface area contributed by atoms with Crippen LogP contribution in [0.2, 0.25) is 0 Å². The molecular weight excluding hydrogens is 310 g/mol. The van der Waals surface area contributed by atoms with Crippen LogP contribution in [-0.2, 0) is 0 Å². The number of hydrogen-bond donors (Lipinski definition) is 0. The molecule has 2 aromatic carbocycles. The highest BCUT2D eigenvalue weighted by molar-refractivity contribution is 9.10. The summed E-state index contributed by atoms with van der Waals surface area (Å²) in [5.74, 6) is 0.522. The van der Waals surface area contributed by atoms with Crippen molar-refractivity contribution in [2.45, 2.75) is 24.8 Å². The van der Waals surface area contributed by atoms with Gasteiger partial charge in [0.2, 0.25) is 0 Å². The first-order valence-electron chi connectivity index (χ1n) is 7.41. The Balaban J connectivity index is 1.80.